The predicted octanol–water partition coefficient (Wildman–Crippen LogP) is 2.16. The van der Waals surface area contributed by atoms with Gasteiger partial charge in [-0.25, -0.2) is 12.8 Å². The van der Waals surface area contributed by atoms with Crippen molar-refractivity contribution in [2.45, 2.75) is 26.3 Å². The molecule has 0 bridgehead atoms. The van der Waals surface area contributed by atoms with Crippen LogP contribution in [0.15, 0.2) is 18.2 Å². The summed E-state index contributed by atoms with van der Waals surface area (Å²) in [4.78, 5) is 11.9. The molecule has 0 aliphatic heterocycles. The average Bonchev–Trinajstić information content (AvgIpc) is 2.38. The van der Waals surface area contributed by atoms with Gasteiger partial charge in [-0.15, -0.1) is 0 Å². The first-order valence-corrected chi connectivity index (χ1v) is 8.60. The molecule has 1 rings (SSSR count). The van der Waals surface area contributed by atoms with Crippen LogP contribution < -0.4 is 9.62 Å². The molecule has 5 nitrogen and oxygen atoms in total. The molecule has 0 saturated carbocycles. The van der Waals surface area contributed by atoms with Crippen LogP contribution in [0.3, 0.4) is 0 Å². The third kappa shape index (κ3) is 5.17. The van der Waals surface area contributed by atoms with E-state index in [9.17, 15) is 17.6 Å². The zero-order chi connectivity index (χ0) is 16.2. The summed E-state index contributed by atoms with van der Waals surface area (Å²) in [5.74, 6) is -1.09. The smallest absolute Gasteiger partial charge is 0.240 e. The Hall–Kier alpha value is -1.34. The Kier molecular flexibility index (Phi) is 5.98. The summed E-state index contributed by atoms with van der Waals surface area (Å²) >= 11 is 5.65. The molecule has 1 atom stereocenters. The second-order valence-corrected chi connectivity index (χ2v) is 7.06. The van der Waals surface area contributed by atoms with Crippen molar-refractivity contribution in [2.75, 3.05) is 17.1 Å². The van der Waals surface area contributed by atoms with E-state index in [1.807, 2.05) is 13.8 Å². The molecule has 1 unspecified atom stereocenters. The maximum absolute atomic E-state index is 13.2. The first kappa shape index (κ1) is 17.7. The highest BCUT2D eigenvalue weighted by molar-refractivity contribution is 7.92. The topological polar surface area (TPSA) is 66.5 Å². The SMILES string of the molecule is CCC(C)NC(=O)CN(c1ccc(F)c(Cl)c1)S(C)(=O)=O. The fourth-order valence-electron chi connectivity index (χ4n) is 1.59. The zero-order valence-corrected chi connectivity index (χ0v) is 13.6. The first-order chi connectivity index (χ1) is 9.65. The lowest BCUT2D eigenvalue weighted by Crippen LogP contribution is -2.43. The van der Waals surface area contributed by atoms with Crippen molar-refractivity contribution in [1.29, 1.82) is 0 Å². The average molecular weight is 337 g/mol. The van der Waals surface area contributed by atoms with Crippen molar-refractivity contribution in [3.63, 3.8) is 0 Å². The quantitative estimate of drug-likeness (QED) is 0.865. The van der Waals surface area contributed by atoms with Gasteiger partial charge in [0.2, 0.25) is 15.9 Å². The fourth-order valence-corrected chi connectivity index (χ4v) is 2.62. The Balaban J connectivity index is 3.02. The third-order valence-electron chi connectivity index (χ3n) is 2.90. The Labute approximate surface area is 129 Å². The monoisotopic (exact) mass is 336 g/mol. The van der Waals surface area contributed by atoms with E-state index < -0.39 is 21.7 Å². The molecular weight excluding hydrogens is 319 g/mol. The number of hydrogen-bond donors (Lipinski definition) is 1. The van der Waals surface area contributed by atoms with Gasteiger partial charge in [-0.05, 0) is 31.5 Å². The standard InChI is InChI=1S/C13H18ClFN2O3S/c1-4-9(2)16-13(18)8-17(21(3,19)20)10-5-6-12(15)11(14)7-10/h5-7,9H,4,8H2,1-3H3,(H,16,18). The van der Waals surface area contributed by atoms with Crippen molar-refractivity contribution in [2.24, 2.45) is 0 Å². The summed E-state index contributed by atoms with van der Waals surface area (Å²) in [6.07, 6.45) is 1.70. The van der Waals surface area contributed by atoms with Crippen LogP contribution in [0.25, 0.3) is 0 Å². The summed E-state index contributed by atoms with van der Waals surface area (Å²) in [6, 6.07) is 3.44. The number of amides is 1. The van der Waals surface area contributed by atoms with Crippen molar-refractivity contribution >= 4 is 33.2 Å². The van der Waals surface area contributed by atoms with Crippen LogP contribution in [0.1, 0.15) is 20.3 Å². The number of benzene rings is 1. The number of rotatable bonds is 6. The highest BCUT2D eigenvalue weighted by Gasteiger charge is 2.22. The highest BCUT2D eigenvalue weighted by Crippen LogP contribution is 2.24. The number of halogens is 2. The Morgan fingerprint density at radius 2 is 2.10 bits per heavy atom. The van der Waals surface area contributed by atoms with Gasteiger partial charge in [0, 0.05) is 6.04 Å². The molecule has 0 radical (unpaired) electrons. The summed E-state index contributed by atoms with van der Waals surface area (Å²) < 4.78 is 37.7. The molecule has 0 fully saturated rings. The normalized spacial score (nSPS) is 12.8. The molecule has 21 heavy (non-hydrogen) atoms. The number of carbonyl (C=O) groups is 1. The largest absolute Gasteiger partial charge is 0.352 e. The lowest BCUT2D eigenvalue weighted by molar-refractivity contribution is -0.120. The van der Waals surface area contributed by atoms with Crippen LogP contribution in [0, 0.1) is 5.82 Å². The van der Waals surface area contributed by atoms with E-state index in [0.29, 0.717) is 0 Å². The second-order valence-electron chi connectivity index (χ2n) is 4.74. The molecule has 8 heteroatoms. The lowest BCUT2D eigenvalue weighted by atomic mass is 10.2. The first-order valence-electron chi connectivity index (χ1n) is 6.37. The maximum atomic E-state index is 13.2. The molecule has 1 aromatic rings. The van der Waals surface area contributed by atoms with Crippen LogP contribution >= 0.6 is 11.6 Å². The maximum Gasteiger partial charge on any atom is 0.240 e. The lowest BCUT2D eigenvalue weighted by Gasteiger charge is -2.23. The molecule has 0 aliphatic carbocycles. The van der Waals surface area contributed by atoms with Crippen LogP contribution in [0.2, 0.25) is 5.02 Å². The number of sulfonamides is 1. The molecule has 0 heterocycles. The second kappa shape index (κ2) is 7.09. The third-order valence-corrected chi connectivity index (χ3v) is 4.33. The fraction of sp³-hybridized carbons (Fsp3) is 0.462. The van der Waals surface area contributed by atoms with Crippen molar-refractivity contribution < 1.29 is 17.6 Å². The predicted molar refractivity (Wildman–Crippen MR) is 81.5 cm³/mol. The van der Waals surface area contributed by atoms with Crippen molar-refractivity contribution in [3.8, 4) is 0 Å². The van der Waals surface area contributed by atoms with Crippen LogP contribution in [0.5, 0.6) is 0 Å². The Morgan fingerprint density at radius 3 is 2.57 bits per heavy atom. The van der Waals surface area contributed by atoms with Gasteiger partial charge in [0.25, 0.3) is 0 Å². The molecule has 1 N–H and O–H groups in total. The van der Waals surface area contributed by atoms with Gasteiger partial charge in [-0.2, -0.15) is 0 Å². The van der Waals surface area contributed by atoms with Crippen LogP contribution in [-0.4, -0.2) is 33.2 Å². The number of nitrogens with one attached hydrogen (secondary N) is 1. The van der Waals surface area contributed by atoms with E-state index in [1.165, 1.54) is 12.1 Å². The molecular formula is C13H18ClFN2O3S. The number of anilines is 1. The summed E-state index contributed by atoms with van der Waals surface area (Å²) in [6.45, 7) is 3.33. The van der Waals surface area contributed by atoms with Crippen molar-refractivity contribution in [1.82, 2.24) is 5.32 Å². The van der Waals surface area contributed by atoms with Gasteiger partial charge < -0.3 is 5.32 Å². The Bertz CT molecular complexity index is 622. The van der Waals surface area contributed by atoms with Crippen LogP contribution in [0.4, 0.5) is 10.1 Å². The molecule has 0 aromatic heterocycles. The van der Waals surface area contributed by atoms with E-state index in [4.69, 9.17) is 11.6 Å². The van der Waals surface area contributed by atoms with E-state index >= 15 is 0 Å². The van der Waals surface area contributed by atoms with Gasteiger partial charge in [0.1, 0.15) is 12.4 Å². The minimum Gasteiger partial charge on any atom is -0.352 e. The Morgan fingerprint density at radius 1 is 1.48 bits per heavy atom. The van der Waals surface area contributed by atoms with Crippen molar-refractivity contribution in [3.05, 3.63) is 29.0 Å². The molecule has 118 valence electrons. The van der Waals surface area contributed by atoms with Gasteiger partial charge in [0.05, 0.1) is 17.0 Å². The van der Waals surface area contributed by atoms with E-state index in [-0.39, 0.29) is 23.3 Å². The number of hydrogen-bond acceptors (Lipinski definition) is 3. The molecule has 0 spiro atoms. The van der Waals surface area contributed by atoms with Gasteiger partial charge in [-0.3, -0.25) is 9.10 Å². The zero-order valence-electron chi connectivity index (χ0n) is 12.1. The van der Waals surface area contributed by atoms with Gasteiger partial charge in [0.15, 0.2) is 0 Å². The van der Waals surface area contributed by atoms with Gasteiger partial charge in [-0.1, -0.05) is 18.5 Å². The number of carbonyl (C=O) groups excluding carboxylic acids is 1. The molecule has 1 aromatic carbocycles. The number of nitrogens with zero attached hydrogens (tertiary/aromatic N) is 1. The van der Waals surface area contributed by atoms with Gasteiger partial charge >= 0.3 is 0 Å². The minimum absolute atomic E-state index is 0.0595. The molecule has 0 saturated heterocycles. The summed E-state index contributed by atoms with van der Waals surface area (Å²) in [7, 11) is -3.69. The summed E-state index contributed by atoms with van der Waals surface area (Å²) in [5, 5.41) is 2.47. The molecule has 1 amide bonds. The van der Waals surface area contributed by atoms with E-state index in [0.717, 1.165) is 23.0 Å². The minimum atomic E-state index is -3.69. The van der Waals surface area contributed by atoms with Crippen LogP contribution in [-0.2, 0) is 14.8 Å². The van der Waals surface area contributed by atoms with E-state index in [2.05, 4.69) is 5.32 Å². The van der Waals surface area contributed by atoms with E-state index in [1.54, 1.807) is 0 Å². The molecule has 0 aliphatic rings. The highest BCUT2D eigenvalue weighted by atomic mass is 35.5. The summed E-state index contributed by atoms with van der Waals surface area (Å²) in [5.41, 5.74) is 0.142.